The van der Waals surface area contributed by atoms with Gasteiger partial charge in [0.1, 0.15) is 5.69 Å². The molecule has 2 heterocycles. The Morgan fingerprint density at radius 1 is 0.889 bits per heavy atom. The van der Waals surface area contributed by atoms with Gasteiger partial charge in [-0.25, -0.2) is 19.9 Å². The van der Waals surface area contributed by atoms with Crippen molar-refractivity contribution in [2.75, 3.05) is 11.5 Å². The lowest BCUT2D eigenvalue weighted by atomic mass is 10.1. The summed E-state index contributed by atoms with van der Waals surface area (Å²) in [5.41, 5.74) is 13.8. The summed E-state index contributed by atoms with van der Waals surface area (Å²) in [7, 11) is 0. The summed E-state index contributed by atoms with van der Waals surface area (Å²) in [6.45, 7) is 0. The van der Waals surface area contributed by atoms with Crippen LogP contribution in [0.15, 0.2) is 30.3 Å². The molecule has 1 radical (unpaired) electrons. The molecule has 0 saturated carbocycles. The lowest BCUT2D eigenvalue weighted by Gasteiger charge is -2.06. The molecular weight excluding hydrogens is 228 g/mol. The lowest BCUT2D eigenvalue weighted by molar-refractivity contribution is 1.15. The maximum Gasteiger partial charge on any atom is 0.202 e. The van der Waals surface area contributed by atoms with E-state index >= 15 is 0 Å². The van der Waals surface area contributed by atoms with Gasteiger partial charge in [0.25, 0.3) is 0 Å². The Morgan fingerprint density at radius 2 is 1.67 bits per heavy atom. The maximum absolute atomic E-state index is 5.88. The highest BCUT2D eigenvalue weighted by Gasteiger charge is 2.11. The molecule has 87 valence electrons. The Balaban J connectivity index is 2.31. The molecule has 0 aliphatic heterocycles. The quantitative estimate of drug-likeness (QED) is 0.655. The summed E-state index contributed by atoms with van der Waals surface area (Å²) >= 11 is 0. The van der Waals surface area contributed by atoms with Gasteiger partial charge in [0, 0.05) is 5.56 Å². The van der Waals surface area contributed by atoms with Crippen molar-refractivity contribution in [3.8, 4) is 11.3 Å². The van der Waals surface area contributed by atoms with Gasteiger partial charge in [-0.05, 0) is 0 Å². The standard InChI is InChI=1S/C12H9N6/c13-10-9-12(16-6-15-10)18-11(14)8(17-9)7-4-2-1-3-5-7/h1-5H,(H4,13,14,15,16,18). The average molecular weight is 237 g/mol. The topological polar surface area (TPSA) is 104 Å². The van der Waals surface area contributed by atoms with Crippen molar-refractivity contribution in [3.05, 3.63) is 36.7 Å². The van der Waals surface area contributed by atoms with Crippen LogP contribution in [0, 0.1) is 6.33 Å². The van der Waals surface area contributed by atoms with Gasteiger partial charge in [0.15, 0.2) is 22.8 Å². The lowest BCUT2D eigenvalue weighted by Crippen LogP contribution is -2.03. The summed E-state index contributed by atoms with van der Waals surface area (Å²) in [5, 5.41) is 0. The second kappa shape index (κ2) is 3.92. The number of fused-ring (bicyclic) bond motifs is 1. The van der Waals surface area contributed by atoms with Gasteiger partial charge in [-0.3, -0.25) is 0 Å². The zero-order chi connectivity index (χ0) is 12.5. The van der Waals surface area contributed by atoms with E-state index in [2.05, 4.69) is 26.3 Å². The van der Waals surface area contributed by atoms with Crippen LogP contribution in [-0.2, 0) is 0 Å². The number of anilines is 2. The molecule has 0 bridgehead atoms. The zero-order valence-electron chi connectivity index (χ0n) is 9.33. The smallest absolute Gasteiger partial charge is 0.202 e. The predicted molar refractivity (Wildman–Crippen MR) is 68.2 cm³/mol. The van der Waals surface area contributed by atoms with E-state index in [-0.39, 0.29) is 5.82 Å². The molecule has 4 N–H and O–H groups in total. The van der Waals surface area contributed by atoms with Crippen LogP contribution in [0.1, 0.15) is 0 Å². The van der Waals surface area contributed by atoms with Crippen molar-refractivity contribution in [2.24, 2.45) is 0 Å². The normalized spacial score (nSPS) is 10.7. The van der Waals surface area contributed by atoms with Gasteiger partial charge in [0.05, 0.1) is 0 Å². The van der Waals surface area contributed by atoms with Crippen LogP contribution in [0.5, 0.6) is 0 Å². The summed E-state index contributed by atoms with van der Waals surface area (Å²) in [4.78, 5) is 16.2. The first-order chi connectivity index (χ1) is 8.75. The number of hydrogen-bond acceptors (Lipinski definition) is 6. The molecule has 0 aliphatic carbocycles. The number of hydrogen-bond donors (Lipinski definition) is 2. The zero-order valence-corrected chi connectivity index (χ0v) is 9.33. The number of aromatic nitrogens is 4. The molecule has 0 fully saturated rings. The van der Waals surface area contributed by atoms with Crippen LogP contribution in [0.4, 0.5) is 11.6 Å². The van der Waals surface area contributed by atoms with E-state index in [0.29, 0.717) is 22.7 Å². The van der Waals surface area contributed by atoms with E-state index in [1.807, 2.05) is 30.3 Å². The van der Waals surface area contributed by atoms with Crippen LogP contribution in [0.2, 0.25) is 0 Å². The van der Waals surface area contributed by atoms with E-state index in [0.717, 1.165) is 5.56 Å². The van der Waals surface area contributed by atoms with Crippen LogP contribution >= 0.6 is 0 Å². The third-order valence-electron chi connectivity index (χ3n) is 2.52. The van der Waals surface area contributed by atoms with Crippen LogP contribution in [-0.4, -0.2) is 19.9 Å². The highest BCUT2D eigenvalue weighted by molar-refractivity contribution is 5.85. The fourth-order valence-corrected chi connectivity index (χ4v) is 1.68. The van der Waals surface area contributed by atoms with E-state index < -0.39 is 0 Å². The van der Waals surface area contributed by atoms with E-state index in [1.54, 1.807) is 0 Å². The van der Waals surface area contributed by atoms with Crippen molar-refractivity contribution >= 4 is 22.8 Å². The van der Waals surface area contributed by atoms with Gasteiger partial charge in [-0.1, -0.05) is 30.3 Å². The first-order valence-corrected chi connectivity index (χ1v) is 5.28. The van der Waals surface area contributed by atoms with E-state index in [1.165, 1.54) is 0 Å². The first kappa shape index (κ1) is 10.4. The van der Waals surface area contributed by atoms with Crippen LogP contribution in [0.25, 0.3) is 22.4 Å². The molecule has 0 aliphatic rings. The number of rotatable bonds is 1. The summed E-state index contributed by atoms with van der Waals surface area (Å²) in [6, 6.07) is 9.52. The van der Waals surface area contributed by atoms with Gasteiger partial charge < -0.3 is 11.5 Å². The predicted octanol–water partition coefficient (Wildman–Crippen LogP) is 1.05. The molecule has 2 aromatic heterocycles. The second-order valence-corrected chi connectivity index (χ2v) is 3.70. The van der Waals surface area contributed by atoms with Gasteiger partial charge >= 0.3 is 0 Å². The fourth-order valence-electron chi connectivity index (χ4n) is 1.68. The van der Waals surface area contributed by atoms with Gasteiger partial charge in [-0.15, -0.1) is 0 Å². The number of nitrogen functional groups attached to an aromatic ring is 2. The van der Waals surface area contributed by atoms with Crippen molar-refractivity contribution in [2.45, 2.75) is 0 Å². The average Bonchev–Trinajstić information content (AvgIpc) is 2.39. The highest BCUT2D eigenvalue weighted by Crippen LogP contribution is 2.25. The second-order valence-electron chi connectivity index (χ2n) is 3.70. The number of nitrogens with zero attached hydrogens (tertiary/aromatic N) is 4. The molecule has 0 unspecified atom stereocenters. The molecule has 0 amide bonds. The molecule has 3 rings (SSSR count). The van der Waals surface area contributed by atoms with Gasteiger partial charge in [0.2, 0.25) is 6.33 Å². The Labute approximate surface area is 103 Å². The van der Waals surface area contributed by atoms with Crippen LogP contribution in [0.3, 0.4) is 0 Å². The molecule has 18 heavy (non-hydrogen) atoms. The molecule has 6 nitrogen and oxygen atoms in total. The molecular formula is C12H9N6. The Morgan fingerprint density at radius 3 is 2.44 bits per heavy atom. The summed E-state index contributed by atoms with van der Waals surface area (Å²) in [5.74, 6) is 0.546. The Bertz CT molecular complexity index is 710. The first-order valence-electron chi connectivity index (χ1n) is 5.28. The fraction of sp³-hybridized carbons (Fsp3) is 0. The third-order valence-corrected chi connectivity index (χ3v) is 2.52. The van der Waals surface area contributed by atoms with Crippen LogP contribution < -0.4 is 11.5 Å². The minimum Gasteiger partial charge on any atom is -0.382 e. The van der Waals surface area contributed by atoms with Crippen molar-refractivity contribution in [3.63, 3.8) is 0 Å². The monoisotopic (exact) mass is 237 g/mol. The van der Waals surface area contributed by atoms with Crippen molar-refractivity contribution < 1.29 is 0 Å². The summed E-state index contributed by atoms with van der Waals surface area (Å²) < 4.78 is 0. The van der Waals surface area contributed by atoms with Gasteiger partial charge in [-0.2, -0.15) is 0 Å². The Hall–Kier alpha value is -2.76. The minimum atomic E-state index is 0.240. The molecule has 6 heteroatoms. The molecule has 0 saturated heterocycles. The van der Waals surface area contributed by atoms with Crippen molar-refractivity contribution in [1.82, 2.24) is 19.9 Å². The maximum atomic E-state index is 5.88. The number of benzene rings is 1. The highest BCUT2D eigenvalue weighted by atomic mass is 15.0. The van der Waals surface area contributed by atoms with E-state index in [9.17, 15) is 0 Å². The molecule has 0 spiro atoms. The van der Waals surface area contributed by atoms with Crippen molar-refractivity contribution in [1.29, 1.82) is 0 Å². The molecule has 3 aromatic rings. The van der Waals surface area contributed by atoms with E-state index in [4.69, 9.17) is 11.5 Å². The minimum absolute atomic E-state index is 0.240. The molecule has 1 aromatic carbocycles. The number of nitrogens with two attached hydrogens (primary N) is 2. The molecule has 0 atom stereocenters. The largest absolute Gasteiger partial charge is 0.382 e. The Kier molecular flexibility index (Phi) is 2.26. The summed E-state index contributed by atoms with van der Waals surface area (Å²) in [6.07, 6.45) is 2.41. The SMILES string of the molecule is Nc1nc2n[c]nc(N)c2nc1-c1ccccc1. The third kappa shape index (κ3) is 1.60.